The van der Waals surface area contributed by atoms with Gasteiger partial charge in [-0.05, 0) is 26.0 Å². The molecule has 0 N–H and O–H groups in total. The Hall–Kier alpha value is -1.84. The van der Waals surface area contributed by atoms with Crippen molar-refractivity contribution in [2.75, 3.05) is 6.56 Å². The summed E-state index contributed by atoms with van der Waals surface area (Å²) in [5.74, 6) is -1.14. The molecule has 0 bridgehead atoms. The molecule has 4 heteroatoms. The van der Waals surface area contributed by atoms with Crippen LogP contribution in [-0.2, 0) is 14.3 Å². The number of rotatable bonds is 3. The number of esters is 1. The number of carbonyl (C=O) groups is 1. The highest BCUT2D eigenvalue weighted by atomic mass is 16.6. The molecule has 1 aliphatic heterocycles. The van der Waals surface area contributed by atoms with Crippen LogP contribution in [0.2, 0.25) is 0 Å². The Labute approximate surface area is 104 Å². The van der Waals surface area contributed by atoms with E-state index < -0.39 is 24.7 Å². The summed E-state index contributed by atoms with van der Waals surface area (Å²) in [5, 5.41) is 0. The highest BCUT2D eigenvalue weighted by molar-refractivity contribution is 5.97. The molecule has 0 amide bonds. The highest BCUT2D eigenvalue weighted by Gasteiger charge is 2.28. The number of carbonyl (C=O) groups excluding carboxylic acids is 1. The summed E-state index contributed by atoms with van der Waals surface area (Å²) in [6.45, 7) is 0.660. The fourth-order valence-electron chi connectivity index (χ4n) is 1.31. The second-order valence-electron chi connectivity index (χ2n) is 3.79. The van der Waals surface area contributed by atoms with Gasteiger partial charge in [-0.3, -0.25) is 0 Å². The molecule has 1 aliphatic rings. The quantitative estimate of drug-likeness (QED) is 0.752. The summed E-state index contributed by atoms with van der Waals surface area (Å²) < 4.78 is 33.4. The topological polar surface area (TPSA) is 47.9 Å². The first-order chi connectivity index (χ1) is 9.26. The van der Waals surface area contributed by atoms with Crippen LogP contribution >= 0.6 is 0 Å². The predicted octanol–water partition coefficient (Wildman–Crippen LogP) is 1.78. The molecule has 0 saturated carbocycles. The van der Waals surface area contributed by atoms with Gasteiger partial charge in [-0.1, -0.05) is 18.2 Å². The van der Waals surface area contributed by atoms with Crippen LogP contribution < -0.4 is 0 Å². The molecular weight excluding hydrogens is 218 g/mol. The number of benzene rings is 1. The summed E-state index contributed by atoms with van der Waals surface area (Å²) in [4.78, 5) is 15.7. The summed E-state index contributed by atoms with van der Waals surface area (Å²) in [6, 6.07) is 6.11. The van der Waals surface area contributed by atoms with Gasteiger partial charge in [0.2, 0.25) is 5.90 Å². The molecule has 0 radical (unpaired) electrons. The first kappa shape index (κ1) is 8.28. The lowest BCUT2D eigenvalue weighted by Gasteiger charge is -2.09. The van der Waals surface area contributed by atoms with Gasteiger partial charge in [-0.25, -0.2) is 9.79 Å². The summed E-state index contributed by atoms with van der Waals surface area (Å²) in [7, 11) is 0. The Morgan fingerprint density at radius 2 is 2.29 bits per heavy atom. The van der Waals surface area contributed by atoms with Crippen LogP contribution in [0.5, 0.6) is 0 Å². The first-order valence-electron chi connectivity index (χ1n) is 6.81. The fraction of sp³-hybridized carbons (Fsp3) is 0.385. The van der Waals surface area contributed by atoms with E-state index in [-0.39, 0.29) is 5.90 Å². The maximum Gasteiger partial charge on any atom is 0.334 e. The first-order valence-corrected chi connectivity index (χ1v) is 5.31. The van der Waals surface area contributed by atoms with Crippen molar-refractivity contribution in [3.05, 3.63) is 35.9 Å². The van der Waals surface area contributed by atoms with Crippen molar-refractivity contribution in [3.63, 3.8) is 0 Å². The fourth-order valence-corrected chi connectivity index (χ4v) is 1.31. The second-order valence-corrected chi connectivity index (χ2v) is 3.79. The molecule has 0 saturated heterocycles. The van der Waals surface area contributed by atoms with Crippen molar-refractivity contribution in [1.82, 2.24) is 0 Å². The molecular formula is C13H15NO3. The average Bonchev–Trinajstić information content (AvgIpc) is 2.62. The van der Waals surface area contributed by atoms with Crippen LogP contribution in [-0.4, -0.2) is 30.5 Å². The molecule has 1 aromatic rings. The van der Waals surface area contributed by atoms with E-state index in [4.69, 9.17) is 13.6 Å². The number of nitrogens with zero attached hydrogens (tertiary/aromatic N) is 1. The summed E-state index contributed by atoms with van der Waals surface area (Å²) in [5.41, 5.74) is 0.503. The van der Waals surface area contributed by atoms with Crippen LogP contribution in [0.25, 0.3) is 0 Å². The van der Waals surface area contributed by atoms with Gasteiger partial charge in [0.25, 0.3) is 0 Å². The van der Waals surface area contributed by atoms with E-state index in [2.05, 4.69) is 4.99 Å². The van der Waals surface area contributed by atoms with Crippen molar-refractivity contribution in [2.45, 2.75) is 26.0 Å². The van der Waals surface area contributed by atoms with Crippen molar-refractivity contribution >= 4 is 11.9 Å². The van der Waals surface area contributed by atoms with Gasteiger partial charge in [0.1, 0.15) is 6.56 Å². The van der Waals surface area contributed by atoms with Crippen LogP contribution in [0.1, 0.15) is 23.5 Å². The van der Waals surface area contributed by atoms with E-state index in [1.165, 1.54) is 0 Å². The van der Waals surface area contributed by atoms with Crippen molar-refractivity contribution in [2.24, 2.45) is 4.99 Å². The maximum atomic E-state index is 11.9. The van der Waals surface area contributed by atoms with Gasteiger partial charge in [-0.2, -0.15) is 0 Å². The van der Waals surface area contributed by atoms with E-state index in [9.17, 15) is 4.79 Å². The molecule has 0 fully saturated rings. The minimum atomic E-state index is -2.58. The van der Waals surface area contributed by atoms with Gasteiger partial charge in [-0.15, -0.1) is 0 Å². The Morgan fingerprint density at radius 3 is 2.94 bits per heavy atom. The molecule has 0 aliphatic carbocycles. The molecule has 17 heavy (non-hydrogen) atoms. The molecule has 0 aromatic heterocycles. The number of ether oxygens (including phenoxy) is 2. The van der Waals surface area contributed by atoms with Crippen LogP contribution in [0.4, 0.5) is 0 Å². The molecule has 1 unspecified atom stereocenters. The van der Waals surface area contributed by atoms with Gasteiger partial charge < -0.3 is 9.47 Å². The highest BCUT2D eigenvalue weighted by Crippen LogP contribution is 2.13. The third-order valence-electron chi connectivity index (χ3n) is 2.01. The van der Waals surface area contributed by atoms with E-state index in [0.29, 0.717) is 5.56 Å². The molecule has 1 aromatic carbocycles. The Morgan fingerprint density at radius 1 is 1.59 bits per heavy atom. The maximum absolute atomic E-state index is 11.9. The van der Waals surface area contributed by atoms with E-state index in [1.807, 2.05) is 0 Å². The zero-order chi connectivity index (χ0) is 15.0. The predicted molar refractivity (Wildman–Crippen MR) is 63.9 cm³/mol. The van der Waals surface area contributed by atoms with Gasteiger partial charge >= 0.3 is 5.97 Å². The molecule has 4 nitrogen and oxygen atoms in total. The zero-order valence-electron chi connectivity index (χ0n) is 12.6. The normalized spacial score (nSPS) is 28.6. The van der Waals surface area contributed by atoms with E-state index >= 15 is 0 Å². The molecule has 0 spiro atoms. The summed E-state index contributed by atoms with van der Waals surface area (Å²) in [6.07, 6.45) is -0.462. The minimum absolute atomic E-state index is 0.0775. The second kappa shape index (κ2) is 4.99. The Bertz CT molecular complexity index is 545. The van der Waals surface area contributed by atoms with Gasteiger partial charge in [0, 0.05) is 5.56 Å². The lowest BCUT2D eigenvalue weighted by Crippen LogP contribution is -2.25. The lowest BCUT2D eigenvalue weighted by molar-refractivity contribution is -0.149. The molecule has 2 rings (SSSR count). The van der Waals surface area contributed by atoms with Crippen molar-refractivity contribution < 1.29 is 18.4 Å². The number of aliphatic imine (C=N–C) groups is 1. The Kier molecular flexibility index (Phi) is 2.43. The molecule has 1 heterocycles. The van der Waals surface area contributed by atoms with Crippen LogP contribution in [0, 0.1) is 0 Å². The van der Waals surface area contributed by atoms with E-state index in [1.54, 1.807) is 44.2 Å². The smallest absolute Gasteiger partial charge is 0.334 e. The SMILES string of the molecule is [2H]C1([2H])OC(c2ccccc2)=NC1([2H])C(=O)OC(C)C. The standard InChI is InChI=1S/C13H15NO3/c1-9(2)17-13(15)11-8-16-12(14-11)10-6-4-3-5-7-10/h3-7,9,11H,8H2,1-2H3/i8D2,11D. The van der Waals surface area contributed by atoms with Crippen LogP contribution in [0.15, 0.2) is 35.3 Å². The number of hydrogen-bond donors (Lipinski definition) is 0. The van der Waals surface area contributed by atoms with Gasteiger partial charge in [0.05, 0.1) is 10.2 Å². The third-order valence-corrected chi connectivity index (χ3v) is 2.01. The average molecular weight is 236 g/mol. The monoisotopic (exact) mass is 236 g/mol. The lowest BCUT2D eigenvalue weighted by atomic mass is 10.2. The molecule has 1 atom stereocenters. The largest absolute Gasteiger partial charge is 0.475 e. The third kappa shape index (κ3) is 2.84. The van der Waals surface area contributed by atoms with Gasteiger partial charge in [0.15, 0.2) is 6.02 Å². The summed E-state index contributed by atoms with van der Waals surface area (Å²) >= 11 is 0. The zero-order valence-corrected chi connectivity index (χ0v) is 9.64. The molecule has 90 valence electrons. The van der Waals surface area contributed by atoms with Crippen molar-refractivity contribution in [1.29, 1.82) is 0 Å². The van der Waals surface area contributed by atoms with E-state index in [0.717, 1.165) is 0 Å². The van der Waals surface area contributed by atoms with Crippen molar-refractivity contribution in [3.8, 4) is 0 Å². The number of hydrogen-bond acceptors (Lipinski definition) is 4. The minimum Gasteiger partial charge on any atom is -0.475 e. The Balaban J connectivity index is 2.37. The van der Waals surface area contributed by atoms with Crippen LogP contribution in [0.3, 0.4) is 0 Å².